The number of nitrogens with one attached hydrogen (secondary N) is 1. The van der Waals surface area contributed by atoms with Crippen molar-refractivity contribution in [2.24, 2.45) is 5.41 Å². The first-order valence-corrected chi connectivity index (χ1v) is 7.89. The van der Waals surface area contributed by atoms with Crippen molar-refractivity contribution in [1.82, 2.24) is 5.32 Å². The molecule has 1 saturated carbocycles. The Hall–Kier alpha value is -1.82. The molecule has 1 fully saturated rings. The molecule has 0 radical (unpaired) electrons. The molecule has 1 aliphatic carbocycles. The fourth-order valence-corrected chi connectivity index (χ4v) is 2.97. The summed E-state index contributed by atoms with van der Waals surface area (Å²) >= 11 is 5.80. The smallest absolute Gasteiger partial charge is 0.311 e. The standard InChI is InChI=1S/C16H19ClFNO4/c17-12-8-11(18)4-5-13(12)23-9-14(20)19-10-16(15(21)22)6-2-1-3-7-16/h4-5,8H,1-3,6-7,9-10H2,(H,19,20)(H,21,22). The summed E-state index contributed by atoms with van der Waals surface area (Å²) in [6.07, 6.45) is 3.85. The number of rotatable bonds is 6. The first-order valence-electron chi connectivity index (χ1n) is 7.51. The molecular formula is C16H19ClFNO4. The third kappa shape index (κ3) is 4.58. The summed E-state index contributed by atoms with van der Waals surface area (Å²) in [6.45, 7) is -0.220. The van der Waals surface area contributed by atoms with Crippen molar-refractivity contribution < 1.29 is 23.8 Å². The molecule has 0 heterocycles. The van der Waals surface area contributed by atoms with Crippen molar-refractivity contribution in [2.45, 2.75) is 32.1 Å². The van der Waals surface area contributed by atoms with Crippen molar-refractivity contribution >= 4 is 23.5 Å². The summed E-state index contributed by atoms with van der Waals surface area (Å²) in [5.74, 6) is -1.60. The number of carboxylic acids is 1. The highest BCUT2D eigenvalue weighted by Crippen LogP contribution is 2.36. The number of hydrogen-bond acceptors (Lipinski definition) is 3. The number of benzene rings is 1. The summed E-state index contributed by atoms with van der Waals surface area (Å²) in [4.78, 5) is 23.4. The Morgan fingerprint density at radius 1 is 1.30 bits per heavy atom. The summed E-state index contributed by atoms with van der Waals surface area (Å²) < 4.78 is 18.1. The fourth-order valence-electron chi connectivity index (χ4n) is 2.75. The van der Waals surface area contributed by atoms with Crippen molar-refractivity contribution in [3.63, 3.8) is 0 Å². The average molecular weight is 344 g/mol. The molecule has 7 heteroatoms. The molecule has 0 saturated heterocycles. The highest BCUT2D eigenvalue weighted by molar-refractivity contribution is 6.32. The normalized spacial score (nSPS) is 16.6. The molecule has 0 bridgehead atoms. The van der Waals surface area contributed by atoms with E-state index >= 15 is 0 Å². The molecule has 1 amide bonds. The molecule has 5 nitrogen and oxygen atoms in total. The monoisotopic (exact) mass is 343 g/mol. The van der Waals surface area contributed by atoms with Gasteiger partial charge in [-0.1, -0.05) is 30.9 Å². The maximum atomic E-state index is 12.9. The Kier molecular flexibility index (Phi) is 5.82. The third-order valence-corrected chi connectivity index (χ3v) is 4.44. The van der Waals surface area contributed by atoms with Gasteiger partial charge >= 0.3 is 5.97 Å². The molecule has 2 rings (SSSR count). The summed E-state index contributed by atoms with van der Waals surface area (Å²) in [6, 6.07) is 3.61. The van der Waals surface area contributed by atoms with Crippen LogP contribution in [0, 0.1) is 11.2 Å². The lowest BCUT2D eigenvalue weighted by Crippen LogP contribution is -2.45. The minimum atomic E-state index is -0.887. The van der Waals surface area contributed by atoms with Gasteiger partial charge in [-0.2, -0.15) is 0 Å². The number of halogens is 2. The van der Waals surface area contributed by atoms with E-state index in [2.05, 4.69) is 5.32 Å². The number of amides is 1. The van der Waals surface area contributed by atoms with Crippen LogP contribution in [0.25, 0.3) is 0 Å². The van der Waals surface area contributed by atoms with Gasteiger partial charge in [-0.05, 0) is 31.0 Å². The van der Waals surface area contributed by atoms with Crippen LogP contribution < -0.4 is 10.1 Å². The molecule has 0 aromatic heterocycles. The Bertz CT molecular complexity index is 587. The minimum Gasteiger partial charge on any atom is -0.482 e. The van der Waals surface area contributed by atoms with Crippen LogP contribution >= 0.6 is 11.6 Å². The zero-order chi connectivity index (χ0) is 16.9. The Morgan fingerprint density at radius 2 is 2.00 bits per heavy atom. The molecule has 0 unspecified atom stereocenters. The molecule has 1 aromatic carbocycles. The maximum absolute atomic E-state index is 12.9. The number of carbonyl (C=O) groups is 2. The summed E-state index contributed by atoms with van der Waals surface area (Å²) in [5.41, 5.74) is -0.887. The van der Waals surface area contributed by atoms with E-state index in [1.165, 1.54) is 12.1 Å². The molecule has 0 spiro atoms. The van der Waals surface area contributed by atoms with Crippen LogP contribution in [0.3, 0.4) is 0 Å². The Labute approximate surface area is 138 Å². The van der Waals surface area contributed by atoms with Crippen LogP contribution in [0.4, 0.5) is 4.39 Å². The van der Waals surface area contributed by atoms with Gasteiger partial charge in [0.2, 0.25) is 0 Å². The topological polar surface area (TPSA) is 75.6 Å². The molecule has 126 valence electrons. The van der Waals surface area contributed by atoms with Gasteiger partial charge < -0.3 is 15.2 Å². The van der Waals surface area contributed by atoms with Gasteiger partial charge in [0.25, 0.3) is 5.91 Å². The highest BCUT2D eigenvalue weighted by atomic mass is 35.5. The molecule has 1 aliphatic rings. The number of carboxylic acid groups (broad SMARTS) is 1. The maximum Gasteiger partial charge on any atom is 0.311 e. The van der Waals surface area contributed by atoms with E-state index in [1.807, 2.05) is 0 Å². The van der Waals surface area contributed by atoms with E-state index in [-0.39, 0.29) is 23.9 Å². The zero-order valence-corrected chi connectivity index (χ0v) is 13.4. The quantitative estimate of drug-likeness (QED) is 0.832. The molecular weight excluding hydrogens is 325 g/mol. The highest BCUT2D eigenvalue weighted by Gasteiger charge is 2.39. The number of aliphatic carboxylic acids is 1. The second-order valence-electron chi connectivity index (χ2n) is 5.79. The molecule has 0 atom stereocenters. The molecule has 23 heavy (non-hydrogen) atoms. The van der Waals surface area contributed by atoms with Crippen LogP contribution in [0.5, 0.6) is 5.75 Å². The van der Waals surface area contributed by atoms with E-state index in [1.54, 1.807) is 0 Å². The zero-order valence-electron chi connectivity index (χ0n) is 12.6. The van der Waals surface area contributed by atoms with Crippen molar-refractivity contribution in [1.29, 1.82) is 0 Å². The van der Waals surface area contributed by atoms with Crippen LogP contribution in [0.2, 0.25) is 5.02 Å². The lowest BCUT2D eigenvalue weighted by molar-refractivity contribution is -0.151. The molecule has 2 N–H and O–H groups in total. The van der Waals surface area contributed by atoms with E-state index < -0.39 is 23.1 Å². The van der Waals surface area contributed by atoms with Gasteiger partial charge in [-0.3, -0.25) is 9.59 Å². The Balaban J connectivity index is 1.85. The lowest BCUT2D eigenvalue weighted by atomic mass is 9.74. The van der Waals surface area contributed by atoms with Crippen LogP contribution in [0.15, 0.2) is 18.2 Å². The first kappa shape index (κ1) is 17.5. The second-order valence-corrected chi connectivity index (χ2v) is 6.19. The lowest BCUT2D eigenvalue weighted by Gasteiger charge is -2.33. The van der Waals surface area contributed by atoms with E-state index in [4.69, 9.17) is 16.3 Å². The van der Waals surface area contributed by atoms with Gasteiger partial charge in [-0.25, -0.2) is 4.39 Å². The average Bonchev–Trinajstić information content (AvgIpc) is 2.53. The van der Waals surface area contributed by atoms with E-state index in [9.17, 15) is 19.1 Å². The van der Waals surface area contributed by atoms with Crippen LogP contribution in [-0.4, -0.2) is 30.1 Å². The van der Waals surface area contributed by atoms with Crippen molar-refractivity contribution in [3.8, 4) is 5.75 Å². The first-order chi connectivity index (χ1) is 10.9. The predicted octanol–water partition coefficient (Wildman–Crippen LogP) is 3.01. The van der Waals surface area contributed by atoms with Gasteiger partial charge in [0.15, 0.2) is 6.61 Å². The molecule has 1 aromatic rings. The summed E-state index contributed by atoms with van der Waals surface area (Å²) in [7, 11) is 0. The van der Waals surface area contributed by atoms with Gasteiger partial charge in [0.1, 0.15) is 11.6 Å². The van der Waals surface area contributed by atoms with Crippen molar-refractivity contribution in [3.05, 3.63) is 29.0 Å². The predicted molar refractivity (Wildman–Crippen MR) is 83.1 cm³/mol. The summed E-state index contributed by atoms with van der Waals surface area (Å²) in [5, 5.41) is 12.1. The molecule has 0 aliphatic heterocycles. The van der Waals surface area contributed by atoms with Crippen molar-refractivity contribution in [2.75, 3.05) is 13.2 Å². The van der Waals surface area contributed by atoms with E-state index in [0.29, 0.717) is 12.8 Å². The number of ether oxygens (including phenoxy) is 1. The fraction of sp³-hybridized carbons (Fsp3) is 0.500. The van der Waals surface area contributed by atoms with Crippen LogP contribution in [-0.2, 0) is 9.59 Å². The SMILES string of the molecule is O=C(COc1ccc(F)cc1Cl)NCC1(C(=O)O)CCCCC1. The van der Waals surface area contributed by atoms with Gasteiger partial charge in [0, 0.05) is 6.54 Å². The largest absolute Gasteiger partial charge is 0.482 e. The van der Waals surface area contributed by atoms with Gasteiger partial charge in [0.05, 0.1) is 10.4 Å². The van der Waals surface area contributed by atoms with Gasteiger partial charge in [-0.15, -0.1) is 0 Å². The third-order valence-electron chi connectivity index (χ3n) is 4.14. The van der Waals surface area contributed by atoms with Crippen LogP contribution in [0.1, 0.15) is 32.1 Å². The number of hydrogen-bond donors (Lipinski definition) is 2. The second kappa shape index (κ2) is 7.64. The Morgan fingerprint density at radius 3 is 2.61 bits per heavy atom. The van der Waals surface area contributed by atoms with E-state index in [0.717, 1.165) is 25.3 Å². The minimum absolute atomic E-state index is 0.0760. The number of carbonyl (C=O) groups excluding carboxylic acids is 1.